The number of amides is 2. The first-order valence-corrected chi connectivity index (χ1v) is 10.4. The van der Waals surface area contributed by atoms with Crippen LogP contribution in [0.4, 0.5) is 5.69 Å². The van der Waals surface area contributed by atoms with Crippen molar-refractivity contribution in [2.45, 2.75) is 27.7 Å². The number of hydrogen-bond donors (Lipinski definition) is 1. The summed E-state index contributed by atoms with van der Waals surface area (Å²) in [5.41, 5.74) is 4.23. The average molecular weight is 434 g/mol. The van der Waals surface area contributed by atoms with Gasteiger partial charge in [0, 0.05) is 24.3 Å². The number of carbonyl (C=O) groups is 3. The normalized spacial score (nSPS) is 10.6. The number of fused-ring (bicyclic) bond motifs is 1. The Balaban J connectivity index is 1.57. The van der Waals surface area contributed by atoms with Crippen molar-refractivity contribution in [1.29, 1.82) is 0 Å². The molecule has 0 saturated carbocycles. The summed E-state index contributed by atoms with van der Waals surface area (Å²) < 4.78 is 5.13. The highest BCUT2D eigenvalue weighted by molar-refractivity contribution is 5.98. The number of benzene rings is 2. The molecule has 0 aliphatic carbocycles. The summed E-state index contributed by atoms with van der Waals surface area (Å²) >= 11 is 0. The lowest BCUT2D eigenvalue weighted by Gasteiger charge is -2.18. The summed E-state index contributed by atoms with van der Waals surface area (Å²) in [7, 11) is 0. The number of hydrogen-bond acceptors (Lipinski definition) is 6. The number of aromatic nitrogens is 2. The fraction of sp³-hybridized carbons (Fsp3) is 0.292. The molecule has 0 aliphatic rings. The number of aryl methyl sites for hydroxylation is 2. The van der Waals surface area contributed by atoms with Crippen molar-refractivity contribution < 1.29 is 19.1 Å². The van der Waals surface area contributed by atoms with Crippen molar-refractivity contribution >= 4 is 34.5 Å². The predicted molar refractivity (Wildman–Crippen MR) is 122 cm³/mol. The minimum Gasteiger partial charge on any atom is -0.452 e. The first kappa shape index (κ1) is 22.9. The van der Waals surface area contributed by atoms with Crippen LogP contribution in [0.25, 0.3) is 11.0 Å². The van der Waals surface area contributed by atoms with Crippen LogP contribution in [-0.2, 0) is 9.53 Å². The van der Waals surface area contributed by atoms with E-state index < -0.39 is 18.5 Å². The van der Waals surface area contributed by atoms with Gasteiger partial charge in [0.25, 0.3) is 11.8 Å². The summed E-state index contributed by atoms with van der Waals surface area (Å²) in [6, 6.07) is 11.5. The van der Waals surface area contributed by atoms with E-state index in [1.807, 2.05) is 27.7 Å². The monoisotopic (exact) mass is 434 g/mol. The van der Waals surface area contributed by atoms with E-state index >= 15 is 0 Å². The molecule has 8 nitrogen and oxygen atoms in total. The summed E-state index contributed by atoms with van der Waals surface area (Å²) in [6.07, 6.45) is 0. The van der Waals surface area contributed by atoms with E-state index in [9.17, 15) is 14.4 Å². The molecule has 8 heteroatoms. The molecule has 3 aromatic rings. The highest BCUT2D eigenvalue weighted by Crippen LogP contribution is 2.16. The van der Waals surface area contributed by atoms with Crippen LogP contribution in [0.5, 0.6) is 0 Å². The Morgan fingerprint density at radius 3 is 2.09 bits per heavy atom. The van der Waals surface area contributed by atoms with E-state index in [1.165, 1.54) is 0 Å². The number of carbonyl (C=O) groups excluding carboxylic acids is 3. The van der Waals surface area contributed by atoms with Gasteiger partial charge in [-0.1, -0.05) is 0 Å². The molecule has 2 amide bonds. The largest absolute Gasteiger partial charge is 0.452 e. The minimum absolute atomic E-state index is 0.0627. The van der Waals surface area contributed by atoms with Crippen LogP contribution in [-0.4, -0.2) is 52.3 Å². The quantitative estimate of drug-likeness (QED) is 0.571. The van der Waals surface area contributed by atoms with Gasteiger partial charge in [-0.2, -0.15) is 0 Å². The molecule has 0 aliphatic heterocycles. The molecule has 0 fully saturated rings. The van der Waals surface area contributed by atoms with Gasteiger partial charge in [-0.3, -0.25) is 9.59 Å². The van der Waals surface area contributed by atoms with E-state index in [1.54, 1.807) is 47.4 Å². The SMILES string of the molecule is CCN(CC)C(=O)c1ccc(NC(=O)COC(=O)c2ccc3nc(C)c(C)nc3c2)cc1. The maximum Gasteiger partial charge on any atom is 0.338 e. The first-order chi connectivity index (χ1) is 15.3. The fourth-order valence-electron chi connectivity index (χ4n) is 3.16. The van der Waals surface area contributed by atoms with Crippen LogP contribution in [0, 0.1) is 13.8 Å². The third kappa shape index (κ3) is 5.26. The van der Waals surface area contributed by atoms with E-state index in [0.717, 1.165) is 11.4 Å². The molecule has 1 N–H and O–H groups in total. The number of rotatable bonds is 7. The maximum absolute atomic E-state index is 12.3. The molecule has 0 bridgehead atoms. The summed E-state index contributed by atoms with van der Waals surface area (Å²) in [4.78, 5) is 47.4. The number of nitrogens with zero attached hydrogens (tertiary/aromatic N) is 3. The molecule has 32 heavy (non-hydrogen) atoms. The van der Waals surface area contributed by atoms with E-state index in [4.69, 9.17) is 4.74 Å². The van der Waals surface area contributed by atoms with Crippen LogP contribution in [0.15, 0.2) is 42.5 Å². The molecule has 1 heterocycles. The molecule has 166 valence electrons. The Bertz CT molecular complexity index is 1150. The van der Waals surface area contributed by atoms with E-state index in [2.05, 4.69) is 15.3 Å². The van der Waals surface area contributed by atoms with Crippen molar-refractivity contribution in [3.8, 4) is 0 Å². The van der Waals surface area contributed by atoms with Gasteiger partial charge in [0.1, 0.15) is 0 Å². The highest BCUT2D eigenvalue weighted by atomic mass is 16.5. The second-order valence-electron chi connectivity index (χ2n) is 7.28. The van der Waals surface area contributed by atoms with Gasteiger partial charge >= 0.3 is 5.97 Å². The third-order valence-electron chi connectivity index (χ3n) is 5.11. The van der Waals surface area contributed by atoms with E-state index in [0.29, 0.717) is 40.9 Å². The summed E-state index contributed by atoms with van der Waals surface area (Å²) in [5.74, 6) is -1.16. The zero-order chi connectivity index (χ0) is 23.3. The van der Waals surface area contributed by atoms with Crippen LogP contribution >= 0.6 is 0 Å². The van der Waals surface area contributed by atoms with Gasteiger partial charge in [-0.15, -0.1) is 0 Å². The van der Waals surface area contributed by atoms with Gasteiger partial charge in [0.05, 0.1) is 28.0 Å². The Labute approximate surface area is 186 Å². The van der Waals surface area contributed by atoms with Crippen LogP contribution in [0.3, 0.4) is 0 Å². The van der Waals surface area contributed by atoms with Gasteiger partial charge < -0.3 is 15.0 Å². The van der Waals surface area contributed by atoms with Crippen molar-refractivity contribution in [2.24, 2.45) is 0 Å². The van der Waals surface area contributed by atoms with Crippen molar-refractivity contribution in [1.82, 2.24) is 14.9 Å². The van der Waals surface area contributed by atoms with Crippen molar-refractivity contribution in [3.05, 3.63) is 65.0 Å². The topological polar surface area (TPSA) is 101 Å². The van der Waals surface area contributed by atoms with Crippen molar-refractivity contribution in [2.75, 3.05) is 25.0 Å². The van der Waals surface area contributed by atoms with Gasteiger partial charge in [-0.25, -0.2) is 14.8 Å². The summed E-state index contributed by atoms with van der Waals surface area (Å²) in [5, 5.41) is 2.65. The molecular weight excluding hydrogens is 408 g/mol. The zero-order valence-corrected chi connectivity index (χ0v) is 18.6. The Morgan fingerprint density at radius 2 is 1.47 bits per heavy atom. The second kappa shape index (κ2) is 10.00. The van der Waals surface area contributed by atoms with Gasteiger partial charge in [0.2, 0.25) is 0 Å². The number of esters is 1. The Hall–Kier alpha value is -3.81. The van der Waals surface area contributed by atoms with E-state index in [-0.39, 0.29) is 5.91 Å². The third-order valence-corrected chi connectivity index (χ3v) is 5.11. The Kier molecular flexibility index (Phi) is 7.14. The Morgan fingerprint density at radius 1 is 0.875 bits per heavy atom. The number of ether oxygens (including phenoxy) is 1. The summed E-state index contributed by atoms with van der Waals surface area (Å²) in [6.45, 7) is 8.39. The number of anilines is 1. The standard InChI is InChI=1S/C24H26N4O4/c1-5-28(6-2)23(30)17-7-10-19(11-8-17)27-22(29)14-32-24(31)18-9-12-20-21(13-18)26-16(4)15(3)25-20/h7-13H,5-6,14H2,1-4H3,(H,27,29). The maximum atomic E-state index is 12.3. The average Bonchev–Trinajstić information content (AvgIpc) is 2.79. The predicted octanol–water partition coefficient (Wildman–Crippen LogP) is 3.52. The zero-order valence-electron chi connectivity index (χ0n) is 18.6. The number of nitrogens with one attached hydrogen (secondary N) is 1. The second-order valence-corrected chi connectivity index (χ2v) is 7.28. The molecular formula is C24H26N4O4. The fourth-order valence-corrected chi connectivity index (χ4v) is 3.16. The van der Waals surface area contributed by atoms with Crippen LogP contribution < -0.4 is 5.32 Å². The molecule has 2 aromatic carbocycles. The molecule has 0 spiro atoms. The molecule has 3 rings (SSSR count). The first-order valence-electron chi connectivity index (χ1n) is 10.4. The van der Waals surface area contributed by atoms with Crippen LogP contribution in [0.1, 0.15) is 46.0 Å². The lowest BCUT2D eigenvalue weighted by molar-refractivity contribution is -0.119. The molecule has 1 aromatic heterocycles. The van der Waals surface area contributed by atoms with Crippen molar-refractivity contribution in [3.63, 3.8) is 0 Å². The smallest absolute Gasteiger partial charge is 0.338 e. The minimum atomic E-state index is -0.623. The molecule has 0 saturated heterocycles. The molecule has 0 unspecified atom stereocenters. The van der Waals surface area contributed by atoms with Gasteiger partial charge in [0.15, 0.2) is 6.61 Å². The van der Waals surface area contributed by atoms with Crippen LogP contribution in [0.2, 0.25) is 0 Å². The van der Waals surface area contributed by atoms with Gasteiger partial charge in [-0.05, 0) is 70.2 Å². The molecule has 0 radical (unpaired) electrons. The lowest BCUT2D eigenvalue weighted by atomic mass is 10.1. The lowest BCUT2D eigenvalue weighted by Crippen LogP contribution is -2.30. The molecule has 0 atom stereocenters. The highest BCUT2D eigenvalue weighted by Gasteiger charge is 2.14.